The third-order valence-corrected chi connectivity index (χ3v) is 5.15. The van der Waals surface area contributed by atoms with Crippen LogP contribution in [0.15, 0.2) is 29.3 Å². The van der Waals surface area contributed by atoms with Crippen molar-refractivity contribution in [3.63, 3.8) is 0 Å². The molecule has 0 radical (unpaired) electrons. The van der Waals surface area contributed by atoms with Gasteiger partial charge in [-0.3, -0.25) is 9.48 Å². The fourth-order valence-electron chi connectivity index (χ4n) is 2.47. The minimum Gasteiger partial charge on any atom is -0.345 e. The number of thioether (sulfide) groups is 1. The highest BCUT2D eigenvalue weighted by Crippen LogP contribution is 2.37. The molecular formula is C15H16ClN3OS. The van der Waals surface area contributed by atoms with Crippen molar-refractivity contribution in [1.82, 2.24) is 15.1 Å². The number of nitrogens with one attached hydrogen (secondary N) is 1. The van der Waals surface area contributed by atoms with Gasteiger partial charge in [-0.1, -0.05) is 11.6 Å². The van der Waals surface area contributed by atoms with E-state index in [1.54, 1.807) is 22.6 Å². The molecule has 1 N–H and O–H groups in total. The predicted octanol–water partition coefficient (Wildman–Crippen LogP) is 3.35. The number of benzene rings is 1. The zero-order chi connectivity index (χ0) is 15.0. The van der Waals surface area contributed by atoms with Crippen molar-refractivity contribution >= 4 is 29.3 Å². The van der Waals surface area contributed by atoms with Gasteiger partial charge in [-0.2, -0.15) is 5.10 Å². The summed E-state index contributed by atoms with van der Waals surface area (Å²) in [6.45, 7) is 1.89. The number of hydrogen-bond acceptors (Lipinski definition) is 3. The second kappa shape index (κ2) is 5.73. The van der Waals surface area contributed by atoms with Gasteiger partial charge >= 0.3 is 0 Å². The molecule has 3 rings (SSSR count). The summed E-state index contributed by atoms with van der Waals surface area (Å²) in [7, 11) is 1.83. The average Bonchev–Trinajstić information content (AvgIpc) is 2.80. The Morgan fingerprint density at radius 1 is 1.52 bits per heavy atom. The Balaban J connectivity index is 1.85. The molecule has 110 valence electrons. The van der Waals surface area contributed by atoms with Gasteiger partial charge in [0, 0.05) is 28.4 Å². The summed E-state index contributed by atoms with van der Waals surface area (Å²) < 4.78 is 1.70. The lowest BCUT2D eigenvalue weighted by Gasteiger charge is -2.26. The fourth-order valence-corrected chi connectivity index (χ4v) is 3.76. The Morgan fingerprint density at radius 2 is 2.33 bits per heavy atom. The van der Waals surface area contributed by atoms with Crippen molar-refractivity contribution in [2.75, 3.05) is 5.75 Å². The zero-order valence-electron chi connectivity index (χ0n) is 11.9. The minimum atomic E-state index is -0.0802. The standard InChI is InChI=1S/C15H16ClN3OS/c1-9-12(8-17-19(9)2)15(20)18-13-5-6-21-14-4-3-10(16)7-11(13)14/h3-4,7-8,13H,5-6H2,1-2H3,(H,18,20)/t13-/m1/s1. The Morgan fingerprint density at radius 3 is 3.05 bits per heavy atom. The van der Waals surface area contributed by atoms with Crippen molar-refractivity contribution in [2.45, 2.75) is 24.3 Å². The van der Waals surface area contributed by atoms with Crippen molar-refractivity contribution in [2.24, 2.45) is 7.05 Å². The van der Waals surface area contributed by atoms with Crippen LogP contribution in [0.1, 0.15) is 34.1 Å². The van der Waals surface area contributed by atoms with Crippen LogP contribution in [0.4, 0.5) is 0 Å². The smallest absolute Gasteiger partial charge is 0.255 e. The summed E-state index contributed by atoms with van der Waals surface area (Å²) in [5.41, 5.74) is 2.59. The predicted molar refractivity (Wildman–Crippen MR) is 84.9 cm³/mol. The third kappa shape index (κ3) is 2.80. The van der Waals surface area contributed by atoms with Crippen molar-refractivity contribution in [1.29, 1.82) is 0 Å². The van der Waals surface area contributed by atoms with E-state index in [-0.39, 0.29) is 11.9 Å². The van der Waals surface area contributed by atoms with Crippen LogP contribution in [-0.2, 0) is 7.05 Å². The van der Waals surface area contributed by atoms with Gasteiger partial charge in [0.15, 0.2) is 0 Å². The van der Waals surface area contributed by atoms with Gasteiger partial charge in [-0.25, -0.2) is 0 Å². The van der Waals surface area contributed by atoms with Crippen LogP contribution in [0.25, 0.3) is 0 Å². The number of rotatable bonds is 2. The normalized spacial score (nSPS) is 17.4. The molecule has 21 heavy (non-hydrogen) atoms. The van der Waals surface area contributed by atoms with E-state index in [0.29, 0.717) is 10.6 Å². The highest BCUT2D eigenvalue weighted by Gasteiger charge is 2.24. The molecule has 0 bridgehead atoms. The second-order valence-electron chi connectivity index (χ2n) is 5.11. The fraction of sp³-hybridized carbons (Fsp3) is 0.333. The number of fused-ring (bicyclic) bond motifs is 1. The average molecular weight is 322 g/mol. The van der Waals surface area contributed by atoms with E-state index in [2.05, 4.69) is 10.4 Å². The topological polar surface area (TPSA) is 46.9 Å². The highest BCUT2D eigenvalue weighted by molar-refractivity contribution is 7.99. The molecule has 6 heteroatoms. The number of aromatic nitrogens is 2. The van der Waals surface area contributed by atoms with Gasteiger partial charge in [0.1, 0.15) is 0 Å². The molecule has 0 aliphatic carbocycles. The number of halogens is 1. The van der Waals surface area contributed by atoms with E-state index in [0.717, 1.165) is 23.4 Å². The Kier molecular flexibility index (Phi) is 3.95. The van der Waals surface area contributed by atoms with Crippen LogP contribution in [0.3, 0.4) is 0 Å². The van der Waals surface area contributed by atoms with Gasteiger partial charge < -0.3 is 5.32 Å². The van der Waals surface area contributed by atoms with Crippen LogP contribution in [-0.4, -0.2) is 21.4 Å². The largest absolute Gasteiger partial charge is 0.345 e. The van der Waals surface area contributed by atoms with Crippen molar-refractivity contribution < 1.29 is 4.79 Å². The summed E-state index contributed by atoms with van der Waals surface area (Å²) >= 11 is 7.89. The van der Waals surface area contributed by atoms with Gasteiger partial charge in [0.2, 0.25) is 0 Å². The van der Waals surface area contributed by atoms with E-state index >= 15 is 0 Å². The maximum atomic E-state index is 12.4. The molecule has 1 aromatic carbocycles. The minimum absolute atomic E-state index is 0.00653. The lowest BCUT2D eigenvalue weighted by Crippen LogP contribution is -2.31. The molecule has 4 nitrogen and oxygen atoms in total. The number of carbonyl (C=O) groups is 1. The van der Waals surface area contributed by atoms with Crippen LogP contribution in [0.5, 0.6) is 0 Å². The molecule has 0 spiro atoms. The summed E-state index contributed by atoms with van der Waals surface area (Å²) in [6, 6.07) is 5.87. The van der Waals surface area contributed by atoms with E-state index < -0.39 is 0 Å². The van der Waals surface area contributed by atoms with E-state index in [9.17, 15) is 4.79 Å². The van der Waals surface area contributed by atoms with Crippen LogP contribution >= 0.6 is 23.4 Å². The first-order valence-corrected chi connectivity index (χ1v) is 8.14. The molecule has 1 atom stereocenters. The molecule has 1 aliphatic rings. The maximum absolute atomic E-state index is 12.4. The van der Waals surface area contributed by atoms with Gasteiger partial charge in [-0.15, -0.1) is 11.8 Å². The molecule has 0 fully saturated rings. The first kappa shape index (κ1) is 14.5. The Hall–Kier alpha value is -1.46. The summed E-state index contributed by atoms with van der Waals surface area (Å²) in [6.07, 6.45) is 2.52. The zero-order valence-corrected chi connectivity index (χ0v) is 13.5. The number of nitrogens with zero attached hydrogens (tertiary/aromatic N) is 2. The monoisotopic (exact) mass is 321 g/mol. The quantitative estimate of drug-likeness (QED) is 0.922. The van der Waals surface area contributed by atoms with Crippen LogP contribution in [0, 0.1) is 6.92 Å². The van der Waals surface area contributed by atoms with Crippen molar-refractivity contribution in [3.05, 3.63) is 46.2 Å². The molecule has 2 aromatic rings. The lowest BCUT2D eigenvalue weighted by molar-refractivity contribution is 0.0934. The second-order valence-corrected chi connectivity index (χ2v) is 6.69. The maximum Gasteiger partial charge on any atom is 0.255 e. The molecule has 0 saturated carbocycles. The van der Waals surface area contributed by atoms with Gasteiger partial charge in [0.25, 0.3) is 5.91 Å². The van der Waals surface area contributed by atoms with Gasteiger partial charge in [-0.05, 0) is 37.1 Å². The van der Waals surface area contributed by atoms with Crippen LogP contribution in [0.2, 0.25) is 5.02 Å². The van der Waals surface area contributed by atoms with E-state index in [1.807, 2.05) is 32.2 Å². The van der Waals surface area contributed by atoms with E-state index in [4.69, 9.17) is 11.6 Å². The first-order chi connectivity index (χ1) is 10.1. The van der Waals surface area contributed by atoms with E-state index in [1.165, 1.54) is 4.90 Å². The van der Waals surface area contributed by atoms with Gasteiger partial charge in [0.05, 0.1) is 17.8 Å². The molecule has 1 aromatic heterocycles. The summed E-state index contributed by atoms with van der Waals surface area (Å²) in [5.74, 6) is 0.912. The molecule has 0 unspecified atom stereocenters. The number of aryl methyl sites for hydroxylation is 1. The van der Waals surface area contributed by atoms with Crippen LogP contribution < -0.4 is 5.32 Å². The SMILES string of the molecule is Cc1c(C(=O)N[C@@H]2CCSc3ccc(Cl)cc32)cnn1C. The van der Waals surface area contributed by atoms with Crippen molar-refractivity contribution in [3.8, 4) is 0 Å². The first-order valence-electron chi connectivity index (χ1n) is 6.78. The molecule has 0 saturated heterocycles. The third-order valence-electron chi connectivity index (χ3n) is 3.80. The molecular weight excluding hydrogens is 306 g/mol. The summed E-state index contributed by atoms with van der Waals surface area (Å²) in [5, 5.41) is 7.93. The number of carbonyl (C=O) groups excluding carboxylic acids is 1. The summed E-state index contributed by atoms with van der Waals surface area (Å²) in [4.78, 5) is 13.6. The number of amides is 1. The molecule has 1 aliphatic heterocycles. The molecule has 1 amide bonds. The molecule has 2 heterocycles. The Labute approximate surface area is 132 Å². The highest BCUT2D eigenvalue weighted by atomic mass is 35.5. The lowest BCUT2D eigenvalue weighted by atomic mass is 10.0. The Bertz CT molecular complexity index is 698. The number of hydrogen-bond donors (Lipinski definition) is 1.